The van der Waals surface area contributed by atoms with Crippen molar-refractivity contribution >= 4 is 58.2 Å². The number of benzene rings is 2. The number of carbonyl (C=O) groups excluding carboxylic acids is 1. The van der Waals surface area contributed by atoms with Crippen LogP contribution in [0.2, 0.25) is 5.02 Å². The molecule has 0 radical (unpaired) electrons. The molecule has 1 amide bonds. The SMILES string of the molecule is O=C(CS)Nc1ccc2c(Nc3cc(O)ccc3Cl)ncnc2c1. The minimum absolute atomic E-state index is 0.0945. The molecule has 2 aromatic carbocycles. The van der Waals surface area contributed by atoms with E-state index in [4.69, 9.17) is 11.6 Å². The summed E-state index contributed by atoms with van der Waals surface area (Å²) in [6, 6.07) is 9.89. The number of halogens is 1. The van der Waals surface area contributed by atoms with E-state index in [-0.39, 0.29) is 17.4 Å². The molecule has 0 aliphatic heterocycles. The highest BCUT2D eigenvalue weighted by Gasteiger charge is 2.09. The summed E-state index contributed by atoms with van der Waals surface area (Å²) in [6.07, 6.45) is 1.41. The minimum Gasteiger partial charge on any atom is -0.508 e. The largest absolute Gasteiger partial charge is 0.508 e. The fourth-order valence-corrected chi connectivity index (χ4v) is 2.42. The topological polar surface area (TPSA) is 87.1 Å². The van der Waals surface area contributed by atoms with Crippen molar-refractivity contribution in [2.45, 2.75) is 0 Å². The lowest BCUT2D eigenvalue weighted by Crippen LogP contribution is -2.12. The number of aromatic nitrogens is 2. The van der Waals surface area contributed by atoms with E-state index in [1.807, 2.05) is 0 Å². The Balaban J connectivity index is 1.97. The zero-order chi connectivity index (χ0) is 17.1. The van der Waals surface area contributed by atoms with Crippen LogP contribution in [0.1, 0.15) is 0 Å². The summed E-state index contributed by atoms with van der Waals surface area (Å²) in [4.78, 5) is 19.9. The highest BCUT2D eigenvalue weighted by atomic mass is 35.5. The van der Waals surface area contributed by atoms with Crippen LogP contribution in [0, 0.1) is 0 Å². The van der Waals surface area contributed by atoms with E-state index in [0.29, 0.717) is 27.7 Å². The normalized spacial score (nSPS) is 10.6. The Labute approximate surface area is 148 Å². The lowest BCUT2D eigenvalue weighted by molar-refractivity contribution is -0.113. The van der Waals surface area contributed by atoms with E-state index in [1.54, 1.807) is 24.3 Å². The van der Waals surface area contributed by atoms with Crippen LogP contribution >= 0.6 is 24.2 Å². The number of carbonyl (C=O) groups is 1. The molecular formula is C16H13ClN4O2S. The molecule has 3 rings (SSSR count). The number of nitrogens with one attached hydrogen (secondary N) is 2. The number of hydrogen-bond acceptors (Lipinski definition) is 6. The highest BCUT2D eigenvalue weighted by molar-refractivity contribution is 7.81. The van der Waals surface area contributed by atoms with E-state index in [2.05, 4.69) is 33.2 Å². The van der Waals surface area contributed by atoms with Gasteiger partial charge in [-0.1, -0.05) is 11.6 Å². The monoisotopic (exact) mass is 360 g/mol. The molecule has 122 valence electrons. The molecule has 24 heavy (non-hydrogen) atoms. The second-order valence-corrected chi connectivity index (χ2v) is 5.67. The maximum absolute atomic E-state index is 11.4. The molecule has 0 spiro atoms. The molecule has 8 heteroatoms. The van der Waals surface area contributed by atoms with Crippen molar-refractivity contribution in [3.8, 4) is 5.75 Å². The van der Waals surface area contributed by atoms with Crippen molar-refractivity contribution < 1.29 is 9.90 Å². The third kappa shape index (κ3) is 3.52. The number of hydrogen-bond donors (Lipinski definition) is 4. The summed E-state index contributed by atoms with van der Waals surface area (Å²) in [5, 5.41) is 16.6. The van der Waals surface area contributed by atoms with Gasteiger partial charge in [0.25, 0.3) is 0 Å². The molecule has 0 aliphatic carbocycles. The Kier molecular flexibility index (Phi) is 4.73. The van der Waals surface area contributed by atoms with Gasteiger partial charge in [-0.05, 0) is 30.3 Å². The highest BCUT2D eigenvalue weighted by Crippen LogP contribution is 2.31. The molecule has 0 saturated heterocycles. The van der Waals surface area contributed by atoms with E-state index >= 15 is 0 Å². The summed E-state index contributed by atoms with van der Waals surface area (Å²) in [6.45, 7) is 0. The average Bonchev–Trinajstić information content (AvgIpc) is 2.58. The van der Waals surface area contributed by atoms with Crippen LogP contribution in [0.5, 0.6) is 5.75 Å². The molecule has 0 unspecified atom stereocenters. The van der Waals surface area contributed by atoms with Crippen molar-refractivity contribution in [2.75, 3.05) is 16.4 Å². The van der Waals surface area contributed by atoms with E-state index in [9.17, 15) is 9.90 Å². The lowest BCUT2D eigenvalue weighted by atomic mass is 10.2. The summed E-state index contributed by atoms with van der Waals surface area (Å²) < 4.78 is 0. The first-order valence-electron chi connectivity index (χ1n) is 6.98. The van der Waals surface area contributed by atoms with Crippen molar-refractivity contribution in [1.29, 1.82) is 0 Å². The second-order valence-electron chi connectivity index (χ2n) is 4.95. The number of fused-ring (bicyclic) bond motifs is 1. The Bertz CT molecular complexity index is 920. The number of aromatic hydroxyl groups is 1. The Hall–Kier alpha value is -2.51. The molecular weight excluding hydrogens is 348 g/mol. The fraction of sp³-hybridized carbons (Fsp3) is 0.0625. The van der Waals surface area contributed by atoms with Crippen LogP contribution < -0.4 is 10.6 Å². The van der Waals surface area contributed by atoms with Gasteiger partial charge in [0.15, 0.2) is 0 Å². The molecule has 1 aromatic heterocycles. The van der Waals surface area contributed by atoms with Crippen molar-refractivity contribution in [2.24, 2.45) is 0 Å². The first kappa shape index (κ1) is 16.4. The number of nitrogens with zero attached hydrogens (tertiary/aromatic N) is 2. The molecule has 6 nitrogen and oxygen atoms in total. The van der Waals surface area contributed by atoms with Crippen LogP contribution in [-0.4, -0.2) is 26.7 Å². The smallest absolute Gasteiger partial charge is 0.234 e. The quantitative estimate of drug-likeness (QED) is 0.534. The summed E-state index contributed by atoms with van der Waals surface area (Å²) in [5.41, 5.74) is 1.81. The average molecular weight is 361 g/mol. The molecule has 0 aliphatic rings. The van der Waals surface area contributed by atoms with Crippen LogP contribution in [0.15, 0.2) is 42.7 Å². The standard InChI is InChI=1S/C16H13ClN4O2S/c17-12-4-2-10(22)6-14(12)21-16-11-3-1-9(20-15(23)7-24)5-13(11)18-8-19-16/h1-6,8,22,24H,7H2,(H,20,23)(H,18,19,21). The Morgan fingerprint density at radius 2 is 2.04 bits per heavy atom. The van der Waals surface area contributed by atoms with Crippen LogP contribution in [0.25, 0.3) is 10.9 Å². The van der Waals surface area contributed by atoms with Crippen molar-refractivity contribution in [1.82, 2.24) is 9.97 Å². The Morgan fingerprint density at radius 3 is 2.83 bits per heavy atom. The zero-order valence-corrected chi connectivity index (χ0v) is 14.0. The summed E-state index contributed by atoms with van der Waals surface area (Å²) in [5.74, 6) is 0.540. The summed E-state index contributed by atoms with van der Waals surface area (Å²) >= 11 is 10.1. The zero-order valence-electron chi connectivity index (χ0n) is 12.3. The lowest BCUT2D eigenvalue weighted by Gasteiger charge is -2.11. The molecule has 0 saturated carbocycles. The predicted molar refractivity (Wildman–Crippen MR) is 98.4 cm³/mol. The van der Waals surface area contributed by atoms with Gasteiger partial charge in [0, 0.05) is 17.1 Å². The molecule has 3 N–H and O–H groups in total. The van der Waals surface area contributed by atoms with E-state index < -0.39 is 0 Å². The van der Waals surface area contributed by atoms with Crippen LogP contribution in [-0.2, 0) is 4.79 Å². The number of phenolic OH excluding ortho intramolecular Hbond substituents is 1. The first-order valence-corrected chi connectivity index (χ1v) is 7.99. The molecule has 0 bridgehead atoms. The van der Waals surface area contributed by atoms with Crippen molar-refractivity contribution in [3.63, 3.8) is 0 Å². The van der Waals surface area contributed by atoms with Crippen LogP contribution in [0.3, 0.4) is 0 Å². The Morgan fingerprint density at radius 1 is 1.21 bits per heavy atom. The fourth-order valence-electron chi connectivity index (χ4n) is 2.17. The van der Waals surface area contributed by atoms with E-state index in [0.717, 1.165) is 5.39 Å². The van der Waals surface area contributed by atoms with Crippen molar-refractivity contribution in [3.05, 3.63) is 47.7 Å². The van der Waals surface area contributed by atoms with Gasteiger partial charge in [0.05, 0.1) is 22.0 Å². The van der Waals surface area contributed by atoms with Gasteiger partial charge < -0.3 is 15.7 Å². The van der Waals surface area contributed by atoms with Gasteiger partial charge in [-0.25, -0.2) is 9.97 Å². The maximum Gasteiger partial charge on any atom is 0.234 e. The van der Waals surface area contributed by atoms with Gasteiger partial charge in [-0.2, -0.15) is 12.6 Å². The molecule has 3 aromatic rings. The minimum atomic E-state index is -0.198. The molecule has 0 atom stereocenters. The number of amides is 1. The number of thiol groups is 1. The predicted octanol–water partition coefficient (Wildman–Crippen LogP) is 3.60. The van der Waals surface area contributed by atoms with Gasteiger partial charge in [-0.15, -0.1) is 0 Å². The van der Waals surface area contributed by atoms with E-state index in [1.165, 1.54) is 18.5 Å². The molecule has 0 fully saturated rings. The number of rotatable bonds is 4. The first-order chi connectivity index (χ1) is 11.6. The number of phenols is 1. The third-order valence-corrected chi connectivity index (χ3v) is 3.88. The second kappa shape index (κ2) is 6.94. The molecule has 1 heterocycles. The third-order valence-electron chi connectivity index (χ3n) is 3.27. The van der Waals surface area contributed by atoms with Crippen LogP contribution in [0.4, 0.5) is 17.2 Å². The van der Waals surface area contributed by atoms with Gasteiger partial charge in [-0.3, -0.25) is 4.79 Å². The van der Waals surface area contributed by atoms with Gasteiger partial charge >= 0.3 is 0 Å². The summed E-state index contributed by atoms with van der Waals surface area (Å²) in [7, 11) is 0. The number of anilines is 3. The van der Waals surface area contributed by atoms with Gasteiger partial charge in [0.2, 0.25) is 5.91 Å². The maximum atomic E-state index is 11.4. The van der Waals surface area contributed by atoms with Gasteiger partial charge in [0.1, 0.15) is 17.9 Å².